The number of nitrogens with two attached hydrogens (primary N) is 2. The Bertz CT molecular complexity index is 428. The summed E-state index contributed by atoms with van der Waals surface area (Å²) in [5.74, 6) is 0.362. The van der Waals surface area contributed by atoms with Crippen molar-refractivity contribution in [2.75, 3.05) is 0 Å². The Hall–Kier alpha value is -2.52. The molecule has 1 fully saturated rings. The van der Waals surface area contributed by atoms with Crippen molar-refractivity contribution in [1.82, 2.24) is 20.4 Å². The Kier molecular flexibility index (Phi) is 2.06. The molecular formula is C8H12N8O2. The number of piperazine rings is 1. The number of hydrogen-bond donors (Lipinski definition) is 4. The van der Waals surface area contributed by atoms with E-state index in [1.807, 2.05) is 0 Å². The number of guanidine groups is 2. The summed E-state index contributed by atoms with van der Waals surface area (Å²) in [5, 5.41) is 5.68. The number of fused-ring (bicyclic) bond motifs is 2. The van der Waals surface area contributed by atoms with E-state index in [-0.39, 0.29) is 11.9 Å². The molecule has 0 bridgehead atoms. The minimum Gasteiger partial charge on any atom is -0.370 e. The number of rotatable bonds is 2. The van der Waals surface area contributed by atoms with Gasteiger partial charge in [0.1, 0.15) is 12.3 Å². The van der Waals surface area contributed by atoms with E-state index < -0.39 is 24.7 Å². The standard InChI is InChI=1S/C8H12N8O2/c9-7-11-3-5(13-7)16(2-18)6-4(15(3)1-17)12-8(10)14-6/h1-6H,(H3,9,11,13)(H3,10,12,14)/t3-,4-,5+,6+. The quantitative estimate of drug-likeness (QED) is 0.370. The predicted octanol–water partition coefficient (Wildman–Crippen LogP) is -3.94. The van der Waals surface area contributed by atoms with Gasteiger partial charge < -0.3 is 22.1 Å². The highest BCUT2D eigenvalue weighted by molar-refractivity contribution is 5.83. The average Bonchev–Trinajstić information content (AvgIpc) is 2.87. The lowest BCUT2D eigenvalue weighted by Crippen LogP contribution is -2.70. The van der Waals surface area contributed by atoms with Gasteiger partial charge in [-0.2, -0.15) is 0 Å². The zero-order valence-electron chi connectivity index (χ0n) is 9.22. The summed E-state index contributed by atoms with van der Waals surface area (Å²) in [5.41, 5.74) is 11.2. The van der Waals surface area contributed by atoms with Gasteiger partial charge >= 0.3 is 0 Å². The second-order valence-corrected chi connectivity index (χ2v) is 4.14. The lowest BCUT2D eigenvalue weighted by atomic mass is 10.1. The van der Waals surface area contributed by atoms with Crippen molar-refractivity contribution in [3.8, 4) is 0 Å². The van der Waals surface area contributed by atoms with Gasteiger partial charge in [-0.3, -0.25) is 19.4 Å². The van der Waals surface area contributed by atoms with E-state index in [2.05, 4.69) is 20.6 Å². The molecule has 3 aliphatic heterocycles. The third kappa shape index (κ3) is 1.22. The molecule has 0 saturated carbocycles. The summed E-state index contributed by atoms with van der Waals surface area (Å²) in [6.07, 6.45) is -0.925. The van der Waals surface area contributed by atoms with Crippen LogP contribution in [-0.4, -0.2) is 59.2 Å². The van der Waals surface area contributed by atoms with Crippen LogP contribution in [-0.2, 0) is 9.59 Å². The van der Waals surface area contributed by atoms with Gasteiger partial charge in [-0.25, -0.2) is 9.98 Å². The summed E-state index contributed by atoms with van der Waals surface area (Å²) in [4.78, 5) is 33.4. The predicted molar refractivity (Wildman–Crippen MR) is 60.5 cm³/mol. The summed E-state index contributed by atoms with van der Waals surface area (Å²) in [6.45, 7) is 0. The normalized spacial score (nSPS) is 36.9. The molecule has 96 valence electrons. The summed E-state index contributed by atoms with van der Waals surface area (Å²) >= 11 is 0. The van der Waals surface area contributed by atoms with E-state index in [0.717, 1.165) is 0 Å². The van der Waals surface area contributed by atoms with Crippen molar-refractivity contribution in [2.45, 2.75) is 24.7 Å². The molecule has 3 heterocycles. The molecule has 1 saturated heterocycles. The van der Waals surface area contributed by atoms with Gasteiger partial charge in [0.25, 0.3) is 0 Å². The van der Waals surface area contributed by atoms with Gasteiger partial charge in [-0.15, -0.1) is 0 Å². The number of hydrogen-bond acceptors (Lipinski definition) is 8. The molecule has 2 amide bonds. The summed E-state index contributed by atoms with van der Waals surface area (Å²) in [7, 11) is 0. The second kappa shape index (κ2) is 3.48. The molecule has 0 spiro atoms. The molecule has 6 N–H and O–H groups in total. The van der Waals surface area contributed by atoms with Crippen molar-refractivity contribution >= 4 is 24.7 Å². The Labute approximate surface area is 102 Å². The molecule has 0 unspecified atom stereocenters. The molecule has 0 aromatic heterocycles. The fourth-order valence-corrected chi connectivity index (χ4v) is 2.45. The third-order valence-electron chi connectivity index (χ3n) is 3.20. The number of carbonyl (C=O) groups is 2. The number of amides is 2. The molecule has 18 heavy (non-hydrogen) atoms. The van der Waals surface area contributed by atoms with Crippen LogP contribution in [0.5, 0.6) is 0 Å². The SMILES string of the molecule is NC1=N[C@H]2[C@@H](N1)N(C=O)[C@@H]1NC(N)=N[C@@H]1N2C=O. The van der Waals surface area contributed by atoms with Crippen molar-refractivity contribution in [2.24, 2.45) is 21.5 Å². The van der Waals surface area contributed by atoms with E-state index in [1.165, 1.54) is 9.80 Å². The third-order valence-corrected chi connectivity index (χ3v) is 3.20. The molecule has 10 nitrogen and oxygen atoms in total. The fraction of sp³-hybridized carbons (Fsp3) is 0.500. The van der Waals surface area contributed by atoms with E-state index in [0.29, 0.717) is 12.8 Å². The first kappa shape index (κ1) is 10.6. The molecule has 10 heteroatoms. The topological polar surface area (TPSA) is 141 Å². The van der Waals surface area contributed by atoms with Gasteiger partial charge in [0.05, 0.1) is 0 Å². The maximum Gasteiger partial charge on any atom is 0.213 e. The van der Waals surface area contributed by atoms with E-state index in [1.54, 1.807) is 0 Å². The van der Waals surface area contributed by atoms with Gasteiger partial charge in [-0.1, -0.05) is 0 Å². The van der Waals surface area contributed by atoms with Crippen LogP contribution in [0.25, 0.3) is 0 Å². The van der Waals surface area contributed by atoms with Gasteiger partial charge in [0.15, 0.2) is 24.3 Å². The average molecular weight is 252 g/mol. The van der Waals surface area contributed by atoms with Gasteiger partial charge in [-0.05, 0) is 0 Å². The van der Waals surface area contributed by atoms with Crippen molar-refractivity contribution < 1.29 is 9.59 Å². The largest absolute Gasteiger partial charge is 0.370 e. The molecule has 3 rings (SSSR count). The first-order chi connectivity index (χ1) is 8.65. The van der Waals surface area contributed by atoms with Crippen LogP contribution >= 0.6 is 0 Å². The number of nitrogens with one attached hydrogen (secondary N) is 2. The second-order valence-electron chi connectivity index (χ2n) is 4.14. The van der Waals surface area contributed by atoms with Crippen LogP contribution in [0.3, 0.4) is 0 Å². The first-order valence-electron chi connectivity index (χ1n) is 5.31. The van der Waals surface area contributed by atoms with E-state index in [4.69, 9.17) is 11.5 Å². The molecule has 0 aromatic rings. The minimum atomic E-state index is -0.592. The lowest BCUT2D eigenvalue weighted by Gasteiger charge is -2.45. The monoisotopic (exact) mass is 252 g/mol. The van der Waals surface area contributed by atoms with Crippen LogP contribution in [0.4, 0.5) is 0 Å². The first-order valence-corrected chi connectivity index (χ1v) is 5.31. The molecule has 0 radical (unpaired) electrons. The highest BCUT2D eigenvalue weighted by Crippen LogP contribution is 2.28. The zero-order valence-corrected chi connectivity index (χ0v) is 9.22. The lowest BCUT2D eigenvalue weighted by molar-refractivity contribution is -0.143. The number of aliphatic imine (C=N–C) groups is 2. The Balaban J connectivity index is 2.01. The van der Waals surface area contributed by atoms with E-state index in [9.17, 15) is 9.59 Å². The number of nitrogens with zero attached hydrogens (tertiary/aromatic N) is 4. The Morgan fingerprint density at radius 1 is 0.944 bits per heavy atom. The van der Waals surface area contributed by atoms with Crippen molar-refractivity contribution in [3.05, 3.63) is 0 Å². The van der Waals surface area contributed by atoms with Crippen LogP contribution < -0.4 is 22.1 Å². The van der Waals surface area contributed by atoms with Crippen LogP contribution in [0.15, 0.2) is 9.98 Å². The van der Waals surface area contributed by atoms with Gasteiger partial charge in [0.2, 0.25) is 12.8 Å². The maximum absolute atomic E-state index is 11.2. The molecule has 0 aliphatic carbocycles. The van der Waals surface area contributed by atoms with E-state index >= 15 is 0 Å². The Morgan fingerprint density at radius 2 is 1.39 bits per heavy atom. The molecular weight excluding hydrogens is 240 g/mol. The molecule has 0 aromatic carbocycles. The van der Waals surface area contributed by atoms with Gasteiger partial charge in [0, 0.05) is 0 Å². The summed E-state index contributed by atoms with van der Waals surface area (Å²) in [6, 6.07) is 0. The Morgan fingerprint density at radius 3 is 1.78 bits per heavy atom. The highest BCUT2D eigenvalue weighted by atomic mass is 16.1. The summed E-state index contributed by atoms with van der Waals surface area (Å²) < 4.78 is 0. The van der Waals surface area contributed by atoms with Crippen LogP contribution in [0.1, 0.15) is 0 Å². The smallest absolute Gasteiger partial charge is 0.213 e. The molecule has 3 aliphatic rings. The zero-order chi connectivity index (χ0) is 12.9. The van der Waals surface area contributed by atoms with Crippen molar-refractivity contribution in [3.63, 3.8) is 0 Å². The fourth-order valence-electron chi connectivity index (χ4n) is 2.45. The number of carbonyl (C=O) groups excluding carboxylic acids is 2. The minimum absolute atomic E-state index is 0.181. The van der Waals surface area contributed by atoms with Crippen LogP contribution in [0, 0.1) is 0 Å². The van der Waals surface area contributed by atoms with Crippen molar-refractivity contribution in [1.29, 1.82) is 0 Å². The maximum atomic E-state index is 11.2. The molecule has 4 atom stereocenters. The highest BCUT2D eigenvalue weighted by Gasteiger charge is 2.52. The van der Waals surface area contributed by atoms with Crippen LogP contribution in [0.2, 0.25) is 0 Å².